The minimum Gasteiger partial charge on any atom is -0.473 e. The summed E-state index contributed by atoms with van der Waals surface area (Å²) in [6.07, 6.45) is 1.89. The molecular weight excluding hydrogens is 619 g/mol. The third kappa shape index (κ3) is 15.8. The molecule has 0 spiro atoms. The van der Waals surface area contributed by atoms with E-state index in [4.69, 9.17) is 9.72 Å². The molecule has 3 aromatic heterocycles. The molecule has 0 aliphatic carbocycles. The first-order chi connectivity index (χ1) is 17.9. The zero-order chi connectivity index (χ0) is 28.3. The van der Waals surface area contributed by atoms with Gasteiger partial charge in [-0.05, 0) is 69.0 Å². The fourth-order valence-electron chi connectivity index (χ4n) is 2.88. The van der Waals surface area contributed by atoms with E-state index >= 15 is 0 Å². The van der Waals surface area contributed by atoms with Gasteiger partial charge in [-0.3, -0.25) is 4.79 Å². The molecule has 43 heavy (non-hydrogen) atoms. The van der Waals surface area contributed by atoms with Crippen molar-refractivity contribution in [3.05, 3.63) is 59.3 Å². The second kappa shape index (κ2) is 23.1. The van der Waals surface area contributed by atoms with E-state index in [0.29, 0.717) is 10.1 Å². The highest BCUT2D eigenvalue weighted by atomic mass is 32.2. The van der Waals surface area contributed by atoms with Crippen LogP contribution in [0, 0.1) is 5.92 Å². The number of fused-ring (bicyclic) bond motifs is 1. The number of nitrogens with one attached hydrogen (secondary N) is 1. The summed E-state index contributed by atoms with van der Waals surface area (Å²) in [6.45, 7) is 11.4. The average Bonchev–Trinajstić information content (AvgIpc) is 3.58. The molecule has 0 bridgehead atoms. The number of carbonyl (C=O) groups excluding carboxylic acids is 1. The monoisotopic (exact) mass is 673 g/mol. The quantitative estimate of drug-likeness (QED) is 0.208. The van der Waals surface area contributed by atoms with Crippen LogP contribution in [0.25, 0.3) is 21.6 Å². The number of nitrogens with zero attached hydrogens (tertiary/aromatic N) is 2. The summed E-state index contributed by atoms with van der Waals surface area (Å²) in [5, 5.41) is 4.04. The van der Waals surface area contributed by atoms with Crippen molar-refractivity contribution < 1.29 is 17.9 Å². The highest BCUT2D eigenvalue weighted by Gasteiger charge is 2.16. The summed E-state index contributed by atoms with van der Waals surface area (Å²) in [4.78, 5) is 20.8. The Hall–Kier alpha value is -2.31. The smallest absolute Gasteiger partial charge is 0.250 e. The zero-order valence-corrected chi connectivity index (χ0v) is 25.9. The van der Waals surface area contributed by atoms with Crippen molar-refractivity contribution >= 4 is 60.6 Å². The molecule has 0 saturated heterocycles. The van der Waals surface area contributed by atoms with Gasteiger partial charge in [-0.1, -0.05) is 87.0 Å². The van der Waals surface area contributed by atoms with Gasteiger partial charge in [-0.2, -0.15) is 0 Å². The number of thiophene rings is 2. The molecule has 0 unspecified atom stereocenters. The number of aromatic nitrogens is 2. The largest absolute Gasteiger partial charge is 0.473 e. The van der Waals surface area contributed by atoms with Crippen molar-refractivity contribution in [1.29, 1.82) is 0 Å². The van der Waals surface area contributed by atoms with Gasteiger partial charge in [0.2, 0.25) is 15.9 Å². The first kappa shape index (κ1) is 47.6. The minimum atomic E-state index is -3.25. The lowest BCUT2D eigenvalue weighted by atomic mass is 10.2. The molecule has 0 aliphatic rings. The molecule has 0 atom stereocenters. The molecule has 1 N–H and O–H groups in total. The van der Waals surface area contributed by atoms with E-state index in [9.17, 15) is 13.2 Å². The van der Waals surface area contributed by atoms with Gasteiger partial charge in [0.1, 0.15) is 9.90 Å². The van der Waals surface area contributed by atoms with Crippen molar-refractivity contribution in [2.75, 3.05) is 6.26 Å². The van der Waals surface area contributed by atoms with Crippen LogP contribution in [-0.4, -0.2) is 41.9 Å². The van der Waals surface area contributed by atoms with Crippen LogP contribution < -0.4 is 9.46 Å². The lowest BCUT2D eigenvalue weighted by molar-refractivity contribution is -0.113. The summed E-state index contributed by atoms with van der Waals surface area (Å²) >= 11 is 4.16. The fraction of sp³-hybridized carbons (Fsp3) is 0.469. The summed E-state index contributed by atoms with van der Waals surface area (Å²) in [5.41, 5.74) is 2.57. The highest BCUT2D eigenvalue weighted by molar-refractivity contribution is 8.13. The lowest BCUT2D eigenvalue weighted by Crippen LogP contribution is -2.29. The van der Waals surface area contributed by atoms with Gasteiger partial charge in [-0.15, -0.1) is 22.7 Å². The van der Waals surface area contributed by atoms with Crippen molar-refractivity contribution in [2.24, 2.45) is 5.92 Å². The first-order valence-corrected chi connectivity index (χ1v) is 16.5. The van der Waals surface area contributed by atoms with Crippen LogP contribution in [0.3, 0.4) is 0 Å². The van der Waals surface area contributed by atoms with E-state index in [1.54, 1.807) is 42.7 Å². The van der Waals surface area contributed by atoms with E-state index in [-0.39, 0.29) is 60.3 Å². The molecule has 1 aromatic carbocycles. The van der Waals surface area contributed by atoms with Gasteiger partial charge < -0.3 is 4.74 Å². The second-order valence-electron chi connectivity index (χ2n) is 8.90. The molecule has 0 saturated carbocycles. The number of para-hydroxylation sites is 2. The van der Waals surface area contributed by atoms with Gasteiger partial charge in [-0.25, -0.2) is 23.1 Å². The molecule has 11 heteroatoms. The van der Waals surface area contributed by atoms with E-state index < -0.39 is 10.0 Å². The van der Waals surface area contributed by atoms with Gasteiger partial charge in [0, 0.05) is 12.0 Å². The predicted octanol–water partition coefficient (Wildman–Crippen LogP) is 10.3. The summed E-state index contributed by atoms with van der Waals surface area (Å²) < 4.78 is 31.5. The van der Waals surface area contributed by atoms with Crippen LogP contribution in [0.5, 0.6) is 5.88 Å². The standard InChI is InChI=1S/C15H14N2OS.C7H11NO2S2.C5H10OS.5CH4/c1-10(2)18-15-14(13-8-5-9-19-13)16-11-6-3-4-7-12(11)17-15;1-6(2)8-12(9,10)7-4-3-5-11-7;1-4(2)5(6)7-3;;;;;/h3-10H,1-2H3;3-6,8H,1-2H3;4H,1-3H3;5*1H4. The number of benzene rings is 1. The van der Waals surface area contributed by atoms with Crippen LogP contribution in [0.15, 0.2) is 63.5 Å². The molecule has 0 fully saturated rings. The van der Waals surface area contributed by atoms with Crippen LogP contribution in [0.2, 0.25) is 0 Å². The Bertz CT molecular complexity index is 1370. The zero-order valence-electron chi connectivity index (χ0n) is 22.7. The Morgan fingerprint density at radius 3 is 1.74 bits per heavy atom. The molecule has 0 amide bonds. The van der Waals surface area contributed by atoms with E-state index in [0.717, 1.165) is 21.6 Å². The Kier molecular flexibility index (Phi) is 25.6. The maximum absolute atomic E-state index is 11.4. The van der Waals surface area contributed by atoms with Gasteiger partial charge in [0.15, 0.2) is 5.12 Å². The Balaban J connectivity index is -0.000000279. The third-order valence-corrected chi connectivity index (χ3v) is 9.27. The molecule has 246 valence electrons. The minimum absolute atomic E-state index is 0. The van der Waals surface area contributed by atoms with Crippen molar-refractivity contribution in [3.63, 3.8) is 0 Å². The fourth-order valence-corrected chi connectivity index (χ4v) is 6.32. The Morgan fingerprint density at radius 2 is 1.35 bits per heavy atom. The molecule has 4 rings (SSSR count). The second-order valence-corrected chi connectivity index (χ2v) is 13.5. The Morgan fingerprint density at radius 1 is 0.814 bits per heavy atom. The highest BCUT2D eigenvalue weighted by Crippen LogP contribution is 2.32. The number of rotatable bonds is 7. The summed E-state index contributed by atoms with van der Waals surface area (Å²) in [5.74, 6) is 0.797. The molecule has 0 aliphatic heterocycles. The molecule has 3 heterocycles. The summed E-state index contributed by atoms with van der Waals surface area (Å²) in [6, 6.07) is 15.2. The number of thioether (sulfide) groups is 1. The van der Waals surface area contributed by atoms with Gasteiger partial charge in [0.05, 0.1) is 22.0 Å². The first-order valence-electron chi connectivity index (χ1n) is 12.1. The van der Waals surface area contributed by atoms with Crippen molar-refractivity contribution in [3.8, 4) is 16.5 Å². The maximum Gasteiger partial charge on any atom is 0.250 e. The van der Waals surface area contributed by atoms with Crippen LogP contribution in [0.4, 0.5) is 0 Å². The molecular formula is C32H55N3O4S4. The molecule has 7 nitrogen and oxygen atoms in total. The average molecular weight is 674 g/mol. The molecule has 0 radical (unpaired) electrons. The number of sulfonamides is 1. The lowest BCUT2D eigenvalue weighted by Gasteiger charge is -2.12. The van der Waals surface area contributed by atoms with E-state index in [1.165, 1.54) is 23.1 Å². The predicted molar refractivity (Wildman–Crippen MR) is 195 cm³/mol. The molecule has 4 aromatic rings. The topological polar surface area (TPSA) is 98.2 Å². The van der Waals surface area contributed by atoms with Crippen LogP contribution in [0.1, 0.15) is 78.7 Å². The summed E-state index contributed by atoms with van der Waals surface area (Å²) in [7, 11) is -3.25. The van der Waals surface area contributed by atoms with Crippen molar-refractivity contribution in [1.82, 2.24) is 14.7 Å². The van der Waals surface area contributed by atoms with E-state index in [1.807, 2.05) is 75.7 Å². The number of hydrogen-bond donors (Lipinski definition) is 1. The van der Waals surface area contributed by atoms with Gasteiger partial charge in [0.25, 0.3) is 0 Å². The number of carbonyl (C=O) groups is 1. The maximum atomic E-state index is 11.4. The number of ether oxygens (including phenoxy) is 1. The van der Waals surface area contributed by atoms with Crippen LogP contribution in [-0.2, 0) is 14.8 Å². The van der Waals surface area contributed by atoms with E-state index in [2.05, 4.69) is 9.71 Å². The normalized spacial score (nSPS) is 9.91. The van der Waals surface area contributed by atoms with Crippen molar-refractivity contribution in [2.45, 2.75) is 95.0 Å². The number of hydrogen-bond acceptors (Lipinski definition) is 9. The van der Waals surface area contributed by atoms with Gasteiger partial charge >= 0.3 is 0 Å². The van der Waals surface area contributed by atoms with Crippen LogP contribution >= 0.6 is 34.4 Å². The third-order valence-electron chi connectivity index (χ3n) is 4.46. The Labute approximate surface area is 275 Å². The SMILES string of the molecule is C.C.C.C.C.CC(C)NS(=O)(=O)c1cccs1.CC(C)Oc1nc2ccccc2nc1-c1cccs1.CSC(=O)C(C)C.